The van der Waals surface area contributed by atoms with Crippen LogP contribution in [0.3, 0.4) is 0 Å². The summed E-state index contributed by atoms with van der Waals surface area (Å²) in [6, 6.07) is 11.1. The molecule has 0 radical (unpaired) electrons. The maximum absolute atomic E-state index is 13.2. The van der Waals surface area contributed by atoms with Crippen LogP contribution in [0.5, 0.6) is 0 Å². The van der Waals surface area contributed by atoms with Crippen LogP contribution in [0, 0.1) is 18.7 Å². The van der Waals surface area contributed by atoms with Crippen LogP contribution in [0.2, 0.25) is 0 Å². The van der Waals surface area contributed by atoms with Crippen LogP contribution in [0.1, 0.15) is 18.4 Å². The SMILES string of the molecule is Cc1ccc2nc(N3CCN(C(=O)C4CCN(S(=O)(=O)c5ccc(F)cc5)CC4)CC3)sc2c1. The number of sulfonamides is 1. The molecule has 2 aliphatic rings. The Balaban J connectivity index is 1.16. The minimum Gasteiger partial charge on any atom is -0.345 e. The van der Waals surface area contributed by atoms with Gasteiger partial charge in [0.05, 0.1) is 15.1 Å². The molecule has 3 heterocycles. The van der Waals surface area contributed by atoms with Crippen molar-refractivity contribution in [3.05, 3.63) is 53.8 Å². The smallest absolute Gasteiger partial charge is 0.243 e. The number of piperazine rings is 1. The van der Waals surface area contributed by atoms with Gasteiger partial charge in [-0.05, 0) is 61.7 Å². The third-order valence-electron chi connectivity index (χ3n) is 6.65. The summed E-state index contributed by atoms with van der Waals surface area (Å²) in [6.45, 7) is 5.42. The highest BCUT2D eigenvalue weighted by Gasteiger charge is 2.35. The predicted molar refractivity (Wildman–Crippen MR) is 131 cm³/mol. The van der Waals surface area contributed by atoms with Gasteiger partial charge in [-0.2, -0.15) is 4.31 Å². The van der Waals surface area contributed by atoms with Crippen molar-refractivity contribution < 1.29 is 17.6 Å². The molecule has 0 bridgehead atoms. The van der Waals surface area contributed by atoms with Crippen LogP contribution in [0.25, 0.3) is 10.2 Å². The van der Waals surface area contributed by atoms with Crippen LogP contribution < -0.4 is 4.90 Å². The fourth-order valence-corrected chi connectivity index (χ4v) is 7.22. The highest BCUT2D eigenvalue weighted by Crippen LogP contribution is 2.31. The molecule has 0 unspecified atom stereocenters. The first-order valence-corrected chi connectivity index (χ1v) is 13.7. The quantitative estimate of drug-likeness (QED) is 0.546. The minimum atomic E-state index is -3.68. The monoisotopic (exact) mass is 502 g/mol. The topological polar surface area (TPSA) is 73.8 Å². The molecule has 0 atom stereocenters. The average molecular weight is 503 g/mol. The van der Waals surface area contributed by atoms with Crippen molar-refractivity contribution in [2.75, 3.05) is 44.2 Å². The number of hydrogen-bond donors (Lipinski definition) is 0. The Morgan fingerprint density at radius 2 is 1.68 bits per heavy atom. The van der Waals surface area contributed by atoms with Crippen LogP contribution in [0.4, 0.5) is 9.52 Å². The predicted octanol–water partition coefficient (Wildman–Crippen LogP) is 3.49. The average Bonchev–Trinajstić information content (AvgIpc) is 3.27. The molecule has 0 spiro atoms. The summed E-state index contributed by atoms with van der Waals surface area (Å²) in [6.07, 6.45) is 0.993. The van der Waals surface area contributed by atoms with Crippen molar-refractivity contribution in [2.24, 2.45) is 5.92 Å². The van der Waals surface area contributed by atoms with E-state index in [0.717, 1.165) is 35.9 Å². The number of aromatic nitrogens is 1. The van der Waals surface area contributed by atoms with Gasteiger partial charge in [0.2, 0.25) is 15.9 Å². The number of carbonyl (C=O) groups is 1. The lowest BCUT2D eigenvalue weighted by Crippen LogP contribution is -2.52. The molecule has 2 fully saturated rings. The van der Waals surface area contributed by atoms with Crippen molar-refractivity contribution >= 4 is 42.6 Å². The Labute approximate surface area is 202 Å². The first kappa shape index (κ1) is 23.2. The summed E-state index contributed by atoms with van der Waals surface area (Å²) in [5, 5.41) is 0.993. The van der Waals surface area contributed by atoms with Gasteiger partial charge in [-0.25, -0.2) is 17.8 Å². The molecule has 7 nitrogen and oxygen atoms in total. The van der Waals surface area contributed by atoms with Crippen molar-refractivity contribution in [3.63, 3.8) is 0 Å². The zero-order chi connectivity index (χ0) is 23.9. The molecule has 0 saturated carbocycles. The second-order valence-corrected chi connectivity index (χ2v) is 11.9. The van der Waals surface area contributed by atoms with Gasteiger partial charge in [0, 0.05) is 45.2 Å². The molecule has 0 aliphatic carbocycles. The number of benzene rings is 2. The maximum Gasteiger partial charge on any atom is 0.243 e. The summed E-state index contributed by atoms with van der Waals surface area (Å²) < 4.78 is 41.4. The zero-order valence-corrected chi connectivity index (χ0v) is 20.6. The number of anilines is 1. The Morgan fingerprint density at radius 1 is 1.00 bits per heavy atom. The molecular formula is C24H27FN4O3S2. The second kappa shape index (κ2) is 9.24. The molecule has 2 aromatic carbocycles. The number of halogens is 1. The van der Waals surface area contributed by atoms with Gasteiger partial charge in [-0.15, -0.1) is 0 Å². The molecule has 2 saturated heterocycles. The fraction of sp³-hybridized carbons (Fsp3) is 0.417. The summed E-state index contributed by atoms with van der Waals surface area (Å²) in [4.78, 5) is 22.1. The van der Waals surface area contributed by atoms with Crippen molar-refractivity contribution in [2.45, 2.75) is 24.7 Å². The lowest BCUT2D eigenvalue weighted by molar-refractivity contribution is -0.137. The van der Waals surface area contributed by atoms with E-state index < -0.39 is 15.8 Å². The third-order valence-corrected chi connectivity index (χ3v) is 9.64. The van der Waals surface area contributed by atoms with Gasteiger partial charge in [0.25, 0.3) is 0 Å². The number of amides is 1. The number of hydrogen-bond acceptors (Lipinski definition) is 6. The van der Waals surface area contributed by atoms with Gasteiger partial charge in [-0.1, -0.05) is 17.4 Å². The van der Waals surface area contributed by atoms with E-state index in [1.165, 1.54) is 26.7 Å². The highest BCUT2D eigenvalue weighted by atomic mass is 32.2. The second-order valence-electron chi connectivity index (χ2n) is 8.91. The Bertz CT molecular complexity index is 1290. The summed E-state index contributed by atoms with van der Waals surface area (Å²) in [5.74, 6) is -0.531. The van der Waals surface area contributed by atoms with Gasteiger partial charge in [0.15, 0.2) is 5.13 Å². The van der Waals surface area contributed by atoms with Crippen molar-refractivity contribution in [3.8, 4) is 0 Å². The number of rotatable bonds is 4. The van der Waals surface area contributed by atoms with Gasteiger partial charge in [0.1, 0.15) is 5.82 Å². The third kappa shape index (κ3) is 4.54. The molecule has 1 amide bonds. The van der Waals surface area contributed by atoms with E-state index in [1.54, 1.807) is 11.3 Å². The van der Waals surface area contributed by atoms with E-state index in [0.29, 0.717) is 39.0 Å². The number of piperidine rings is 1. The molecule has 2 aliphatic heterocycles. The number of thiazole rings is 1. The lowest BCUT2D eigenvalue weighted by Gasteiger charge is -2.38. The lowest BCUT2D eigenvalue weighted by atomic mass is 9.96. The molecule has 10 heteroatoms. The first-order valence-electron chi connectivity index (χ1n) is 11.5. The standard InChI is InChI=1S/C24H27FN4O3S2/c1-17-2-7-21-22(16-17)33-24(26-21)28-14-12-27(13-15-28)23(30)18-8-10-29(11-9-18)34(31,32)20-5-3-19(25)4-6-20/h2-7,16,18H,8-15H2,1H3. The van der Waals surface area contributed by atoms with Crippen molar-refractivity contribution in [1.82, 2.24) is 14.2 Å². The summed E-state index contributed by atoms with van der Waals surface area (Å²) in [5.41, 5.74) is 2.22. The Hall–Kier alpha value is -2.56. The molecule has 1 aromatic heterocycles. The molecule has 0 N–H and O–H groups in total. The fourth-order valence-electron chi connectivity index (χ4n) is 4.63. The molecule has 34 heavy (non-hydrogen) atoms. The van der Waals surface area contributed by atoms with E-state index in [1.807, 2.05) is 11.0 Å². The first-order chi connectivity index (χ1) is 16.3. The van der Waals surface area contributed by atoms with Crippen LogP contribution in [-0.2, 0) is 14.8 Å². The number of carbonyl (C=O) groups excluding carboxylic acids is 1. The number of fused-ring (bicyclic) bond motifs is 1. The normalized spacial score (nSPS) is 18.5. The summed E-state index contributed by atoms with van der Waals surface area (Å²) in [7, 11) is -3.68. The number of nitrogens with zero attached hydrogens (tertiary/aromatic N) is 4. The van der Waals surface area contributed by atoms with Crippen LogP contribution in [0.15, 0.2) is 47.4 Å². The van der Waals surface area contributed by atoms with Gasteiger partial charge < -0.3 is 9.80 Å². The largest absolute Gasteiger partial charge is 0.345 e. The van der Waals surface area contributed by atoms with Crippen molar-refractivity contribution in [1.29, 1.82) is 0 Å². The van der Waals surface area contributed by atoms with E-state index >= 15 is 0 Å². The Kier molecular flexibility index (Phi) is 6.30. The maximum atomic E-state index is 13.2. The molecule has 3 aromatic rings. The minimum absolute atomic E-state index is 0.0832. The molecular weight excluding hydrogens is 475 g/mol. The van der Waals surface area contributed by atoms with E-state index in [2.05, 4.69) is 24.0 Å². The zero-order valence-electron chi connectivity index (χ0n) is 19.0. The highest BCUT2D eigenvalue weighted by molar-refractivity contribution is 7.89. The van der Waals surface area contributed by atoms with Crippen LogP contribution >= 0.6 is 11.3 Å². The molecule has 180 valence electrons. The Morgan fingerprint density at radius 3 is 2.35 bits per heavy atom. The van der Waals surface area contributed by atoms with Gasteiger partial charge >= 0.3 is 0 Å². The van der Waals surface area contributed by atoms with Gasteiger partial charge in [-0.3, -0.25) is 4.79 Å². The van der Waals surface area contributed by atoms with E-state index in [4.69, 9.17) is 4.98 Å². The number of aryl methyl sites for hydroxylation is 1. The molecule has 5 rings (SSSR count). The van der Waals surface area contributed by atoms with Crippen LogP contribution in [-0.4, -0.2) is 67.8 Å². The summed E-state index contributed by atoms with van der Waals surface area (Å²) >= 11 is 1.69. The van der Waals surface area contributed by atoms with E-state index in [-0.39, 0.29) is 16.7 Å². The van der Waals surface area contributed by atoms with E-state index in [9.17, 15) is 17.6 Å².